The molecule has 2 aliphatic heterocycles. The van der Waals surface area contributed by atoms with Gasteiger partial charge in [0.25, 0.3) is 0 Å². The maximum Gasteiger partial charge on any atom is 0.171 e. The number of aryl methyl sites for hydroxylation is 2. The van der Waals surface area contributed by atoms with E-state index in [2.05, 4.69) is 42.7 Å². The first-order valence-electron chi connectivity index (χ1n) is 11.1. The lowest BCUT2D eigenvalue weighted by Gasteiger charge is -2.50. The molecule has 2 atom stereocenters. The van der Waals surface area contributed by atoms with Gasteiger partial charge in [-0.3, -0.25) is 0 Å². The number of benzene rings is 1. The molecule has 148 valence electrons. The van der Waals surface area contributed by atoms with Crippen LogP contribution in [-0.4, -0.2) is 29.3 Å². The lowest BCUT2D eigenvalue weighted by atomic mass is 9.78. The van der Waals surface area contributed by atoms with E-state index in [0.717, 1.165) is 28.9 Å². The van der Waals surface area contributed by atoms with Crippen molar-refractivity contribution in [1.82, 2.24) is 5.32 Å². The molecule has 1 aromatic carbocycles. The molecule has 3 fully saturated rings. The smallest absolute Gasteiger partial charge is 0.171 e. The fourth-order valence-corrected chi connectivity index (χ4v) is 6.25. The minimum atomic E-state index is 0.541. The number of anilines is 1. The van der Waals surface area contributed by atoms with Crippen LogP contribution in [0.5, 0.6) is 0 Å². The summed E-state index contributed by atoms with van der Waals surface area (Å²) in [5.74, 6) is 0. The largest absolute Gasteiger partial charge is 0.359 e. The molecule has 1 aromatic rings. The molecule has 4 heteroatoms. The van der Waals surface area contributed by atoms with Gasteiger partial charge in [-0.25, -0.2) is 0 Å². The van der Waals surface area contributed by atoms with Crippen molar-refractivity contribution in [2.24, 2.45) is 0 Å². The summed E-state index contributed by atoms with van der Waals surface area (Å²) in [7, 11) is 0. The predicted molar refractivity (Wildman–Crippen MR) is 118 cm³/mol. The minimum Gasteiger partial charge on any atom is -0.359 e. The third-order valence-electron chi connectivity index (χ3n) is 7.36. The molecule has 2 saturated heterocycles. The Kier molecular flexibility index (Phi) is 6.03. The van der Waals surface area contributed by atoms with E-state index in [-0.39, 0.29) is 0 Å². The van der Waals surface area contributed by atoms with E-state index in [9.17, 15) is 0 Å². The fourth-order valence-electron chi connectivity index (χ4n) is 5.96. The average molecular weight is 387 g/mol. The Morgan fingerprint density at radius 3 is 2.22 bits per heavy atom. The third-order valence-corrected chi connectivity index (χ3v) is 7.58. The maximum atomic E-state index is 5.65. The Morgan fingerprint density at radius 2 is 1.56 bits per heavy atom. The van der Waals surface area contributed by atoms with Gasteiger partial charge in [-0.05, 0) is 94.3 Å². The van der Waals surface area contributed by atoms with Crippen molar-refractivity contribution in [3.05, 3.63) is 29.3 Å². The number of hydrogen-bond donors (Lipinski definition) is 3. The van der Waals surface area contributed by atoms with Crippen molar-refractivity contribution in [2.45, 2.75) is 102 Å². The Bertz CT molecular complexity index is 654. The first-order valence-corrected chi connectivity index (χ1v) is 11.5. The highest BCUT2D eigenvalue weighted by Gasteiger charge is 2.45. The normalized spacial score (nSPS) is 31.3. The monoisotopic (exact) mass is 386 g/mol. The summed E-state index contributed by atoms with van der Waals surface area (Å²) in [6.07, 6.45) is 14.1. The van der Waals surface area contributed by atoms with E-state index >= 15 is 0 Å². The highest BCUT2D eigenvalue weighted by molar-refractivity contribution is 7.80. The summed E-state index contributed by atoms with van der Waals surface area (Å²) < 4.78 is 0. The van der Waals surface area contributed by atoms with Gasteiger partial charge in [-0.2, -0.15) is 0 Å². The lowest BCUT2D eigenvalue weighted by molar-refractivity contribution is -0.984. The standard InChI is InChI=1S/C23H35N3S/c1-16-11-12-18(13-17(16)2)24-23(27)25-19-14-21-9-6-10-22(15-19)26(21)20-7-4-3-5-8-20/h11-13,19-22H,3-10,14-15H2,1-2H3,(H2,24,25,27)/p+1/t21-,22-/m1/s1. The molecule has 3 aliphatic rings. The Balaban J connectivity index is 1.35. The zero-order valence-electron chi connectivity index (χ0n) is 17.0. The summed E-state index contributed by atoms with van der Waals surface area (Å²) in [5.41, 5.74) is 3.73. The predicted octanol–water partition coefficient (Wildman–Crippen LogP) is 3.89. The molecule has 0 radical (unpaired) electrons. The van der Waals surface area contributed by atoms with E-state index in [1.54, 1.807) is 0 Å². The molecule has 0 spiro atoms. The topological polar surface area (TPSA) is 28.5 Å². The molecule has 4 rings (SSSR count). The van der Waals surface area contributed by atoms with Crippen LogP contribution < -0.4 is 15.5 Å². The second kappa shape index (κ2) is 8.48. The Labute approximate surface area is 170 Å². The molecular weight excluding hydrogens is 350 g/mol. The molecule has 1 aliphatic carbocycles. The van der Waals surface area contributed by atoms with Crippen LogP contribution in [0.25, 0.3) is 0 Å². The molecule has 2 heterocycles. The van der Waals surface area contributed by atoms with Crippen molar-refractivity contribution in [1.29, 1.82) is 0 Å². The number of nitrogens with one attached hydrogen (secondary N) is 3. The molecule has 3 nitrogen and oxygen atoms in total. The van der Waals surface area contributed by atoms with Gasteiger partial charge < -0.3 is 15.5 Å². The fraction of sp³-hybridized carbons (Fsp3) is 0.696. The van der Waals surface area contributed by atoms with Crippen molar-refractivity contribution < 1.29 is 4.90 Å². The zero-order valence-corrected chi connectivity index (χ0v) is 17.8. The second-order valence-corrected chi connectivity index (χ2v) is 9.63. The van der Waals surface area contributed by atoms with Crippen LogP contribution in [0.2, 0.25) is 0 Å². The van der Waals surface area contributed by atoms with Crippen LogP contribution >= 0.6 is 12.2 Å². The molecular formula is C23H36N3S+. The maximum absolute atomic E-state index is 5.65. The van der Waals surface area contributed by atoms with Crippen molar-refractivity contribution in [3.63, 3.8) is 0 Å². The lowest BCUT2D eigenvalue weighted by Crippen LogP contribution is -3.24. The molecule has 1 saturated carbocycles. The first kappa shape index (κ1) is 19.2. The highest BCUT2D eigenvalue weighted by atomic mass is 32.1. The Morgan fingerprint density at radius 1 is 0.889 bits per heavy atom. The quantitative estimate of drug-likeness (QED) is 0.688. The van der Waals surface area contributed by atoms with E-state index < -0.39 is 0 Å². The summed E-state index contributed by atoms with van der Waals surface area (Å²) >= 11 is 5.65. The molecule has 0 amide bonds. The van der Waals surface area contributed by atoms with Gasteiger partial charge in [-0.15, -0.1) is 0 Å². The van der Waals surface area contributed by atoms with Crippen LogP contribution in [0.1, 0.15) is 75.3 Å². The summed E-state index contributed by atoms with van der Waals surface area (Å²) in [6, 6.07) is 9.66. The molecule has 0 unspecified atom stereocenters. The second-order valence-electron chi connectivity index (χ2n) is 9.23. The van der Waals surface area contributed by atoms with Crippen molar-refractivity contribution in [3.8, 4) is 0 Å². The number of piperidine rings is 2. The van der Waals surface area contributed by atoms with Crippen LogP contribution in [0.4, 0.5) is 5.69 Å². The zero-order chi connectivity index (χ0) is 18.8. The highest BCUT2D eigenvalue weighted by Crippen LogP contribution is 2.26. The first-order chi connectivity index (χ1) is 13.1. The van der Waals surface area contributed by atoms with Crippen LogP contribution in [0.3, 0.4) is 0 Å². The van der Waals surface area contributed by atoms with Crippen molar-refractivity contribution >= 4 is 23.0 Å². The number of hydrogen-bond acceptors (Lipinski definition) is 1. The van der Waals surface area contributed by atoms with E-state index in [0.29, 0.717) is 6.04 Å². The summed E-state index contributed by atoms with van der Waals surface area (Å²) in [5, 5.41) is 7.87. The number of fused-ring (bicyclic) bond motifs is 2. The third kappa shape index (κ3) is 4.48. The van der Waals surface area contributed by atoms with Gasteiger partial charge >= 0.3 is 0 Å². The minimum absolute atomic E-state index is 0.541. The number of quaternary nitrogens is 1. The summed E-state index contributed by atoms with van der Waals surface area (Å²) in [4.78, 5) is 1.98. The SMILES string of the molecule is Cc1ccc(NC(=S)NC2C[C@H]3CCC[C@H](C2)[NH+]3C2CCCCC2)cc1C. The average Bonchev–Trinajstić information content (AvgIpc) is 2.65. The molecule has 0 aromatic heterocycles. The van der Waals surface area contributed by atoms with Gasteiger partial charge in [-0.1, -0.05) is 12.5 Å². The Hall–Kier alpha value is -1.13. The number of rotatable bonds is 3. The van der Waals surface area contributed by atoms with Gasteiger partial charge in [0.2, 0.25) is 0 Å². The van der Waals surface area contributed by atoms with Crippen molar-refractivity contribution in [2.75, 3.05) is 5.32 Å². The van der Waals surface area contributed by atoms with Gasteiger partial charge in [0, 0.05) is 24.6 Å². The van der Waals surface area contributed by atoms with Gasteiger partial charge in [0.05, 0.1) is 18.1 Å². The van der Waals surface area contributed by atoms with Gasteiger partial charge in [0.1, 0.15) is 0 Å². The van der Waals surface area contributed by atoms with E-state index in [1.165, 1.54) is 75.3 Å². The molecule has 2 bridgehead atoms. The summed E-state index contributed by atoms with van der Waals surface area (Å²) in [6.45, 7) is 4.30. The van der Waals surface area contributed by atoms with Crippen LogP contribution in [-0.2, 0) is 0 Å². The van der Waals surface area contributed by atoms with Crippen LogP contribution in [0.15, 0.2) is 18.2 Å². The van der Waals surface area contributed by atoms with E-state index in [4.69, 9.17) is 12.2 Å². The number of thiocarbonyl (C=S) groups is 1. The van der Waals surface area contributed by atoms with E-state index in [1.807, 2.05) is 4.90 Å². The van der Waals surface area contributed by atoms with Crippen LogP contribution in [0, 0.1) is 13.8 Å². The molecule has 27 heavy (non-hydrogen) atoms. The van der Waals surface area contributed by atoms with Gasteiger partial charge in [0.15, 0.2) is 5.11 Å². The molecule has 3 N–H and O–H groups in total.